The molecule has 106 valence electrons. The lowest BCUT2D eigenvalue weighted by molar-refractivity contribution is -0.133. The van der Waals surface area contributed by atoms with Crippen molar-refractivity contribution in [3.63, 3.8) is 0 Å². The van der Waals surface area contributed by atoms with Crippen molar-refractivity contribution in [2.45, 2.75) is 57.3 Å². The van der Waals surface area contributed by atoms with Crippen LogP contribution in [-0.4, -0.2) is 34.0 Å². The van der Waals surface area contributed by atoms with Gasteiger partial charge >= 0.3 is 5.97 Å². The van der Waals surface area contributed by atoms with E-state index in [0.717, 1.165) is 19.3 Å². The van der Waals surface area contributed by atoms with Crippen molar-refractivity contribution in [2.75, 3.05) is 0 Å². The van der Waals surface area contributed by atoms with E-state index in [9.17, 15) is 9.90 Å². The largest absolute Gasteiger partial charge is 0.478 e. The summed E-state index contributed by atoms with van der Waals surface area (Å²) < 4.78 is 5.63. The van der Waals surface area contributed by atoms with Gasteiger partial charge in [0, 0.05) is 11.5 Å². The van der Waals surface area contributed by atoms with Gasteiger partial charge in [-0.25, -0.2) is 4.79 Å². The van der Waals surface area contributed by atoms with E-state index in [1.807, 2.05) is 13.8 Å². The Labute approximate surface area is 113 Å². The van der Waals surface area contributed by atoms with Crippen LogP contribution < -0.4 is 0 Å². The molecule has 1 aliphatic heterocycles. The molecule has 4 heteroatoms. The predicted molar refractivity (Wildman–Crippen MR) is 71.8 cm³/mol. The van der Waals surface area contributed by atoms with E-state index in [1.54, 1.807) is 0 Å². The molecule has 1 fully saturated rings. The van der Waals surface area contributed by atoms with Crippen molar-refractivity contribution >= 4 is 5.97 Å². The van der Waals surface area contributed by atoms with Crippen LogP contribution in [0, 0.1) is 5.92 Å². The Hall–Kier alpha value is -1.13. The molecule has 0 aromatic carbocycles. The quantitative estimate of drug-likeness (QED) is 0.457. The molecule has 2 N–H and O–H groups in total. The fourth-order valence-electron chi connectivity index (χ4n) is 2.90. The third kappa shape index (κ3) is 2.90. The standard InChI is InChI=1S/C15H22O4/c1-9-5-4-8-15(3)13(19-15)12(16)11(7-6-9)10(2)14(17)18/h5,11-13,16H,2,4,6-8H2,1,3H3,(H,17,18)/b9-5+/t11-,12+,13+,15-/m0/s1. The average Bonchev–Trinajstić information content (AvgIpc) is 3.00. The summed E-state index contributed by atoms with van der Waals surface area (Å²) >= 11 is 0. The highest BCUT2D eigenvalue weighted by atomic mass is 16.6. The Balaban J connectivity index is 2.21. The summed E-state index contributed by atoms with van der Waals surface area (Å²) in [6.45, 7) is 7.64. The van der Waals surface area contributed by atoms with E-state index in [-0.39, 0.29) is 17.3 Å². The second-order valence-electron chi connectivity index (χ2n) is 5.91. The summed E-state index contributed by atoms with van der Waals surface area (Å²) in [5, 5.41) is 19.5. The number of aliphatic hydroxyl groups is 1. The summed E-state index contributed by atoms with van der Waals surface area (Å²) in [6, 6.07) is 0. The van der Waals surface area contributed by atoms with E-state index in [1.165, 1.54) is 5.57 Å². The monoisotopic (exact) mass is 266 g/mol. The van der Waals surface area contributed by atoms with Gasteiger partial charge in [-0.05, 0) is 39.5 Å². The van der Waals surface area contributed by atoms with E-state index >= 15 is 0 Å². The summed E-state index contributed by atoms with van der Waals surface area (Å²) in [4.78, 5) is 11.1. The molecule has 0 amide bonds. The molecule has 1 heterocycles. The van der Waals surface area contributed by atoms with Crippen molar-refractivity contribution in [1.29, 1.82) is 0 Å². The SMILES string of the molecule is C=C(C(=O)O)[C@@H]1CC/C(C)=C/CC[C@]2(C)O[C@@H]2[C@@H]1O. The van der Waals surface area contributed by atoms with Crippen molar-refractivity contribution in [3.8, 4) is 0 Å². The second kappa shape index (κ2) is 5.10. The van der Waals surface area contributed by atoms with Crippen molar-refractivity contribution in [2.24, 2.45) is 5.92 Å². The first-order valence-electron chi connectivity index (χ1n) is 6.79. The maximum atomic E-state index is 11.1. The molecule has 4 nitrogen and oxygen atoms in total. The molecule has 4 atom stereocenters. The normalized spacial score (nSPS) is 41.6. The van der Waals surface area contributed by atoms with E-state index in [2.05, 4.69) is 12.7 Å². The lowest BCUT2D eigenvalue weighted by Crippen LogP contribution is -2.33. The molecule has 0 aromatic heterocycles. The van der Waals surface area contributed by atoms with Gasteiger partial charge in [0.15, 0.2) is 0 Å². The van der Waals surface area contributed by atoms with Gasteiger partial charge in [-0.15, -0.1) is 0 Å². The Bertz CT molecular complexity index is 426. The van der Waals surface area contributed by atoms with Gasteiger partial charge in [-0.1, -0.05) is 18.2 Å². The van der Waals surface area contributed by atoms with Gasteiger partial charge in [-0.3, -0.25) is 0 Å². The summed E-state index contributed by atoms with van der Waals surface area (Å²) in [5.74, 6) is -1.48. The zero-order chi connectivity index (χ0) is 14.2. The number of hydrogen-bond acceptors (Lipinski definition) is 3. The molecule has 0 bridgehead atoms. The number of fused-ring (bicyclic) bond motifs is 1. The fraction of sp³-hybridized carbons (Fsp3) is 0.667. The van der Waals surface area contributed by atoms with Crippen LogP contribution >= 0.6 is 0 Å². The first kappa shape index (κ1) is 14.3. The highest BCUT2D eigenvalue weighted by molar-refractivity contribution is 5.86. The second-order valence-corrected chi connectivity index (χ2v) is 5.91. The minimum absolute atomic E-state index is 0.0822. The van der Waals surface area contributed by atoms with E-state index in [0.29, 0.717) is 6.42 Å². The van der Waals surface area contributed by atoms with Crippen LogP contribution in [0.4, 0.5) is 0 Å². The van der Waals surface area contributed by atoms with Crippen LogP contribution in [0.5, 0.6) is 0 Å². The molecular weight excluding hydrogens is 244 g/mol. The van der Waals surface area contributed by atoms with Crippen LogP contribution in [0.1, 0.15) is 39.5 Å². The van der Waals surface area contributed by atoms with E-state index in [4.69, 9.17) is 9.84 Å². The number of aliphatic carboxylic acids is 1. The molecule has 0 unspecified atom stereocenters. The fourth-order valence-corrected chi connectivity index (χ4v) is 2.90. The number of hydrogen-bond donors (Lipinski definition) is 2. The first-order chi connectivity index (χ1) is 8.85. The number of carboxylic acids is 1. The highest BCUT2D eigenvalue weighted by Crippen LogP contribution is 2.46. The Kier molecular flexibility index (Phi) is 3.83. The number of allylic oxidation sites excluding steroid dienone is 2. The van der Waals surface area contributed by atoms with Crippen LogP contribution in [0.25, 0.3) is 0 Å². The molecule has 19 heavy (non-hydrogen) atoms. The summed E-state index contributed by atoms with van der Waals surface area (Å²) in [5.41, 5.74) is 1.00. The number of carbonyl (C=O) groups is 1. The zero-order valence-corrected chi connectivity index (χ0v) is 11.6. The van der Waals surface area contributed by atoms with Gasteiger partial charge in [0.25, 0.3) is 0 Å². The zero-order valence-electron chi connectivity index (χ0n) is 11.6. The average molecular weight is 266 g/mol. The number of aliphatic hydroxyl groups excluding tert-OH is 1. The maximum Gasteiger partial charge on any atom is 0.331 e. The molecule has 0 aromatic rings. The van der Waals surface area contributed by atoms with Crippen molar-refractivity contribution < 1.29 is 19.7 Å². The Morgan fingerprint density at radius 1 is 1.58 bits per heavy atom. The van der Waals surface area contributed by atoms with Gasteiger partial charge in [-0.2, -0.15) is 0 Å². The van der Waals surface area contributed by atoms with Crippen molar-refractivity contribution in [3.05, 3.63) is 23.8 Å². The Morgan fingerprint density at radius 3 is 2.89 bits per heavy atom. The molecule has 2 rings (SSSR count). The highest BCUT2D eigenvalue weighted by Gasteiger charge is 2.57. The first-order valence-corrected chi connectivity index (χ1v) is 6.79. The van der Waals surface area contributed by atoms with Crippen LogP contribution in [0.3, 0.4) is 0 Å². The van der Waals surface area contributed by atoms with E-state index < -0.39 is 18.0 Å². The minimum Gasteiger partial charge on any atom is -0.478 e. The number of ether oxygens (including phenoxy) is 1. The number of carboxylic acid groups (broad SMARTS) is 1. The van der Waals surface area contributed by atoms with Gasteiger partial charge < -0.3 is 14.9 Å². The maximum absolute atomic E-state index is 11.1. The lowest BCUT2D eigenvalue weighted by atomic mass is 9.82. The van der Waals surface area contributed by atoms with Crippen molar-refractivity contribution in [1.82, 2.24) is 0 Å². The van der Waals surface area contributed by atoms with Crippen LogP contribution in [0.2, 0.25) is 0 Å². The summed E-state index contributed by atoms with van der Waals surface area (Å²) in [7, 11) is 0. The molecule has 0 spiro atoms. The van der Waals surface area contributed by atoms with Gasteiger partial charge in [0.1, 0.15) is 6.10 Å². The lowest BCUT2D eigenvalue weighted by Gasteiger charge is -2.24. The third-order valence-electron chi connectivity index (χ3n) is 4.37. The van der Waals surface area contributed by atoms with Gasteiger partial charge in [0.05, 0.1) is 11.7 Å². The minimum atomic E-state index is -1.04. The molecule has 0 saturated carbocycles. The smallest absolute Gasteiger partial charge is 0.331 e. The van der Waals surface area contributed by atoms with Crippen LogP contribution in [0.15, 0.2) is 23.8 Å². The molecule has 0 radical (unpaired) electrons. The molecular formula is C15H22O4. The topological polar surface area (TPSA) is 70.1 Å². The van der Waals surface area contributed by atoms with Gasteiger partial charge in [0.2, 0.25) is 0 Å². The molecule has 2 aliphatic rings. The predicted octanol–water partition coefficient (Wildman–Crippen LogP) is 2.28. The number of epoxide rings is 1. The summed E-state index contributed by atoms with van der Waals surface area (Å²) in [6.07, 6.45) is 4.33. The molecule has 1 aliphatic carbocycles. The number of rotatable bonds is 2. The molecule has 1 saturated heterocycles. The van der Waals surface area contributed by atoms with Crippen LogP contribution in [-0.2, 0) is 9.53 Å². The third-order valence-corrected chi connectivity index (χ3v) is 4.37. The Morgan fingerprint density at radius 2 is 2.26 bits per heavy atom.